The molecule has 0 bridgehead atoms. The zero-order valence-electron chi connectivity index (χ0n) is 16.4. The Morgan fingerprint density at radius 2 is 2.03 bits per heavy atom. The predicted molar refractivity (Wildman–Crippen MR) is 102 cm³/mol. The highest BCUT2D eigenvalue weighted by molar-refractivity contribution is 6.59. The van der Waals surface area contributed by atoms with E-state index in [0.29, 0.717) is 5.56 Å². The standard InChI is InChI=1S/C17H24BN4O8/c1-8(21-15(23)14(19)20)16(24)22-6-10(7-22)29-11-3-2-9-4-5-18(27,28)30-13(9)12(11)17(25)26/h2-3,8,10,14,27-28H,4-7,19-20H2,1H3,(H,21,23)(H,25,26)/q-1/p+1/t8-/m0/s1. The lowest BCUT2D eigenvalue weighted by Gasteiger charge is -2.41. The maximum absolute atomic E-state index is 12.3. The summed E-state index contributed by atoms with van der Waals surface area (Å²) in [4.78, 5) is 37.1. The van der Waals surface area contributed by atoms with Crippen LogP contribution in [0.2, 0.25) is 6.32 Å². The summed E-state index contributed by atoms with van der Waals surface area (Å²) in [5, 5.41) is 31.6. The molecule has 0 aliphatic carbocycles. The molecule has 1 aromatic rings. The Bertz CT molecular complexity index is 872. The van der Waals surface area contributed by atoms with Gasteiger partial charge in [-0.1, -0.05) is 12.4 Å². The van der Waals surface area contributed by atoms with Crippen molar-refractivity contribution in [1.82, 2.24) is 10.2 Å². The Morgan fingerprint density at radius 3 is 2.63 bits per heavy atom. The summed E-state index contributed by atoms with van der Waals surface area (Å²) in [5.74, 6) is -2.32. The molecule has 1 saturated heterocycles. The van der Waals surface area contributed by atoms with Gasteiger partial charge in [-0.25, -0.2) is 4.79 Å². The Kier molecular flexibility index (Phi) is 5.90. The number of carboxylic acids is 1. The van der Waals surface area contributed by atoms with Crippen molar-refractivity contribution in [2.75, 3.05) is 13.1 Å². The highest BCUT2D eigenvalue weighted by Crippen LogP contribution is 2.38. The van der Waals surface area contributed by atoms with Crippen LogP contribution in [0.5, 0.6) is 11.5 Å². The van der Waals surface area contributed by atoms with Gasteiger partial charge < -0.3 is 40.5 Å². The van der Waals surface area contributed by atoms with Gasteiger partial charge in [0.25, 0.3) is 5.91 Å². The number of nitrogens with one attached hydrogen (secondary N) is 1. The first-order valence-electron chi connectivity index (χ1n) is 9.51. The minimum Gasteiger partial charge on any atom is -0.669 e. The highest BCUT2D eigenvalue weighted by atomic mass is 16.6. The van der Waals surface area contributed by atoms with E-state index in [2.05, 4.69) is 11.1 Å². The van der Waals surface area contributed by atoms with Gasteiger partial charge in [-0.05, 0) is 25.0 Å². The number of rotatable bonds is 6. The van der Waals surface area contributed by atoms with E-state index in [9.17, 15) is 29.5 Å². The third-order valence-electron chi connectivity index (χ3n) is 5.03. The SMILES string of the molecule is C[C@H](NC(=O)[C@H](N)[NH3+])C(=O)N1CC(Oc2ccc3c(c2C(=O)O)O[B-](O)(O)CC3)C1. The molecule has 1 aromatic carbocycles. The first-order chi connectivity index (χ1) is 14.0. The number of hydrogen-bond donors (Lipinski definition) is 6. The smallest absolute Gasteiger partial charge is 0.430 e. The molecule has 30 heavy (non-hydrogen) atoms. The molecule has 164 valence electrons. The van der Waals surface area contributed by atoms with Gasteiger partial charge in [-0.15, -0.1) is 0 Å². The van der Waals surface area contributed by atoms with Crippen molar-refractivity contribution in [3.05, 3.63) is 23.3 Å². The van der Waals surface area contributed by atoms with Crippen LogP contribution in [-0.2, 0) is 16.0 Å². The molecule has 2 amide bonds. The van der Waals surface area contributed by atoms with Gasteiger partial charge in [0.1, 0.15) is 23.5 Å². The van der Waals surface area contributed by atoms with E-state index < -0.39 is 36.9 Å². The van der Waals surface area contributed by atoms with Crippen molar-refractivity contribution in [2.24, 2.45) is 5.73 Å². The number of carboxylic acid groups (broad SMARTS) is 1. The largest absolute Gasteiger partial charge is 0.669 e. The van der Waals surface area contributed by atoms with Gasteiger partial charge in [-0.2, -0.15) is 0 Å². The van der Waals surface area contributed by atoms with E-state index in [1.807, 2.05) is 0 Å². The molecular formula is C17H25BN4O8. The molecule has 2 atom stereocenters. The second kappa shape index (κ2) is 8.10. The van der Waals surface area contributed by atoms with E-state index in [4.69, 9.17) is 15.1 Å². The normalized spacial score (nSPS) is 19.6. The number of hydrogen-bond acceptors (Lipinski definition) is 8. The number of carbonyl (C=O) groups excluding carboxylic acids is 2. The van der Waals surface area contributed by atoms with Crippen LogP contribution in [0.15, 0.2) is 12.1 Å². The number of nitrogens with two attached hydrogens (primary N) is 1. The Morgan fingerprint density at radius 1 is 1.37 bits per heavy atom. The Labute approximate surface area is 171 Å². The molecule has 9 N–H and O–H groups in total. The molecule has 2 aliphatic heterocycles. The summed E-state index contributed by atoms with van der Waals surface area (Å²) in [6, 6.07) is 2.31. The fourth-order valence-electron chi connectivity index (χ4n) is 3.36. The average molecular weight is 424 g/mol. The molecule has 2 heterocycles. The molecule has 2 aliphatic rings. The van der Waals surface area contributed by atoms with Crippen LogP contribution in [0.4, 0.5) is 0 Å². The summed E-state index contributed by atoms with van der Waals surface area (Å²) in [6.07, 6.45) is -1.22. The zero-order chi connectivity index (χ0) is 22.2. The fourth-order valence-corrected chi connectivity index (χ4v) is 3.36. The van der Waals surface area contributed by atoms with Crippen molar-refractivity contribution in [1.29, 1.82) is 0 Å². The third kappa shape index (κ3) is 4.49. The summed E-state index contributed by atoms with van der Waals surface area (Å²) in [6.45, 7) is -1.21. The van der Waals surface area contributed by atoms with Crippen LogP contribution < -0.4 is 26.2 Å². The van der Waals surface area contributed by atoms with Crippen LogP contribution >= 0.6 is 0 Å². The monoisotopic (exact) mass is 424 g/mol. The summed E-state index contributed by atoms with van der Waals surface area (Å²) in [7, 11) is 0. The van der Waals surface area contributed by atoms with Gasteiger partial charge in [0.05, 0.1) is 18.8 Å². The first-order valence-corrected chi connectivity index (χ1v) is 9.51. The number of aromatic carboxylic acids is 1. The number of ether oxygens (including phenoxy) is 1. The van der Waals surface area contributed by atoms with E-state index in [1.165, 1.54) is 17.9 Å². The van der Waals surface area contributed by atoms with Gasteiger partial charge in [0.2, 0.25) is 12.1 Å². The van der Waals surface area contributed by atoms with Crippen LogP contribution in [0.3, 0.4) is 0 Å². The lowest BCUT2D eigenvalue weighted by molar-refractivity contribution is -0.402. The van der Waals surface area contributed by atoms with Crippen molar-refractivity contribution < 1.29 is 44.7 Å². The van der Waals surface area contributed by atoms with E-state index in [0.717, 1.165) is 0 Å². The topological polar surface area (TPSA) is 199 Å². The Balaban J connectivity index is 1.66. The molecule has 13 heteroatoms. The Hall–Kier alpha value is -2.87. The van der Waals surface area contributed by atoms with Gasteiger partial charge in [0, 0.05) is 0 Å². The van der Waals surface area contributed by atoms with Crippen molar-refractivity contribution in [2.45, 2.75) is 38.0 Å². The van der Waals surface area contributed by atoms with Crippen LogP contribution in [0.25, 0.3) is 0 Å². The lowest BCUT2D eigenvalue weighted by Crippen LogP contribution is -2.73. The molecule has 0 unspecified atom stereocenters. The minimum atomic E-state index is -3.13. The fraction of sp³-hybridized carbons (Fsp3) is 0.471. The summed E-state index contributed by atoms with van der Waals surface area (Å²) in [5.41, 5.74) is 8.99. The van der Waals surface area contributed by atoms with Crippen molar-refractivity contribution in [3.63, 3.8) is 0 Å². The van der Waals surface area contributed by atoms with Gasteiger partial charge in [-0.3, -0.25) is 15.3 Å². The van der Waals surface area contributed by atoms with E-state index in [-0.39, 0.29) is 48.8 Å². The molecule has 1 fully saturated rings. The second-order valence-corrected chi connectivity index (χ2v) is 7.57. The lowest BCUT2D eigenvalue weighted by atomic mass is 9.70. The quantitative estimate of drug-likeness (QED) is 0.202. The minimum absolute atomic E-state index is 0.0104. The number of benzene rings is 1. The number of quaternary nitrogens is 1. The number of nitrogens with zero attached hydrogens (tertiary/aromatic N) is 1. The summed E-state index contributed by atoms with van der Waals surface area (Å²) < 4.78 is 10.9. The molecule has 12 nitrogen and oxygen atoms in total. The number of aryl methyl sites for hydroxylation is 1. The highest BCUT2D eigenvalue weighted by Gasteiger charge is 2.37. The van der Waals surface area contributed by atoms with Crippen LogP contribution in [-0.4, -0.2) is 76.0 Å². The maximum atomic E-state index is 12.3. The van der Waals surface area contributed by atoms with Crippen LogP contribution in [0, 0.1) is 0 Å². The van der Waals surface area contributed by atoms with Crippen molar-refractivity contribution >= 4 is 24.5 Å². The second-order valence-electron chi connectivity index (χ2n) is 7.57. The molecule has 0 saturated carbocycles. The molecule has 3 rings (SSSR count). The zero-order valence-corrected chi connectivity index (χ0v) is 16.4. The van der Waals surface area contributed by atoms with Crippen molar-refractivity contribution in [3.8, 4) is 11.5 Å². The van der Waals surface area contributed by atoms with E-state index >= 15 is 0 Å². The number of likely N-dealkylation sites (tertiary alicyclic amines) is 1. The van der Waals surface area contributed by atoms with Gasteiger partial charge in [0.15, 0.2) is 0 Å². The molecule has 0 radical (unpaired) electrons. The number of carbonyl (C=O) groups is 3. The van der Waals surface area contributed by atoms with Gasteiger partial charge >= 0.3 is 12.7 Å². The predicted octanol–water partition coefficient (Wildman–Crippen LogP) is -3.14. The first kappa shape index (κ1) is 21.8. The number of fused-ring (bicyclic) bond motifs is 1. The molecule has 0 spiro atoms. The third-order valence-corrected chi connectivity index (χ3v) is 5.03. The summed E-state index contributed by atoms with van der Waals surface area (Å²) >= 11 is 0. The average Bonchev–Trinajstić information content (AvgIpc) is 2.61. The van der Waals surface area contributed by atoms with E-state index in [1.54, 1.807) is 6.07 Å². The molecule has 0 aromatic heterocycles. The molecular weight excluding hydrogens is 399 g/mol. The number of amides is 2. The maximum Gasteiger partial charge on any atom is 0.430 e. The van der Waals surface area contributed by atoms with Crippen LogP contribution in [0.1, 0.15) is 22.8 Å².